The summed E-state index contributed by atoms with van der Waals surface area (Å²) in [6.07, 6.45) is 32.7. The van der Waals surface area contributed by atoms with E-state index in [0.717, 1.165) is 0 Å². The van der Waals surface area contributed by atoms with Crippen LogP contribution >= 0.6 is 0 Å². The summed E-state index contributed by atoms with van der Waals surface area (Å²) in [5.41, 5.74) is 0.374. The van der Waals surface area contributed by atoms with Crippen molar-refractivity contribution in [2.24, 2.45) is 0 Å². The summed E-state index contributed by atoms with van der Waals surface area (Å²) in [6.45, 7) is 2.29. The van der Waals surface area contributed by atoms with Crippen molar-refractivity contribution in [1.29, 1.82) is 0 Å². The second-order valence-electron chi connectivity index (χ2n) is 8.70. The van der Waals surface area contributed by atoms with E-state index >= 15 is 0 Å². The van der Waals surface area contributed by atoms with Gasteiger partial charge in [0, 0.05) is 12.6 Å². The highest BCUT2D eigenvalue weighted by Gasteiger charge is 2.30. The van der Waals surface area contributed by atoms with Crippen molar-refractivity contribution in [3.05, 3.63) is 12.2 Å². The molecule has 0 aromatic carbocycles. The topological polar surface area (TPSA) is 14.1 Å². The summed E-state index contributed by atoms with van der Waals surface area (Å²) in [6, 6.07) is 0. The van der Waals surface area contributed by atoms with Crippen molar-refractivity contribution >= 4 is 0 Å². The van der Waals surface area contributed by atoms with Crippen LogP contribution in [0.5, 0.6) is 0 Å². The minimum Gasteiger partial charge on any atom is -0.238 e. The fourth-order valence-electron chi connectivity index (χ4n) is 4.50. The third-order valence-electron chi connectivity index (χ3n) is 6.41. The lowest BCUT2D eigenvalue weighted by molar-refractivity contribution is 0.218. The number of unbranched alkanes of at least 4 members (excludes halogenated alkanes) is 12. The van der Waals surface area contributed by atoms with E-state index in [4.69, 9.17) is 5.32 Å². The molecule has 153 valence electrons. The summed E-state index contributed by atoms with van der Waals surface area (Å²) < 4.78 is 0. The van der Waals surface area contributed by atoms with E-state index in [1.165, 1.54) is 128 Å². The fraction of sp³-hybridized carbons (Fsp3) is 0.920. The molecule has 0 aliphatic heterocycles. The molecule has 26 heavy (non-hydrogen) atoms. The normalized spacial score (nSPS) is 17.2. The zero-order chi connectivity index (χ0) is 18.8. The minimum atomic E-state index is 0.374. The van der Waals surface area contributed by atoms with Gasteiger partial charge in [0.15, 0.2) is 0 Å². The van der Waals surface area contributed by atoms with Crippen molar-refractivity contribution in [2.45, 2.75) is 141 Å². The van der Waals surface area contributed by atoms with Crippen LogP contribution in [-0.2, 0) is 0 Å². The monoisotopic (exact) mass is 362 g/mol. The summed E-state index contributed by atoms with van der Waals surface area (Å²) in [5.74, 6) is 0. The molecule has 1 aliphatic rings. The average molecular weight is 363 g/mol. The van der Waals surface area contributed by atoms with Crippen molar-refractivity contribution in [1.82, 2.24) is 5.32 Å². The smallest absolute Gasteiger partial charge is 0.0353 e. The third-order valence-corrected chi connectivity index (χ3v) is 6.41. The van der Waals surface area contributed by atoms with Gasteiger partial charge in [0.25, 0.3) is 0 Å². The summed E-state index contributed by atoms with van der Waals surface area (Å²) in [7, 11) is 2.06. The molecule has 1 rings (SSSR count). The van der Waals surface area contributed by atoms with Gasteiger partial charge in [-0.15, -0.1) is 0 Å². The van der Waals surface area contributed by atoms with E-state index in [9.17, 15) is 0 Å². The van der Waals surface area contributed by atoms with Gasteiger partial charge >= 0.3 is 0 Å². The summed E-state index contributed by atoms with van der Waals surface area (Å²) >= 11 is 0. The van der Waals surface area contributed by atoms with Crippen molar-refractivity contribution in [3.8, 4) is 0 Å². The minimum absolute atomic E-state index is 0.374. The van der Waals surface area contributed by atoms with Gasteiger partial charge in [-0.2, -0.15) is 0 Å². The number of hydrogen-bond acceptors (Lipinski definition) is 0. The molecule has 0 aromatic heterocycles. The van der Waals surface area contributed by atoms with Gasteiger partial charge in [-0.05, 0) is 44.9 Å². The molecule has 0 saturated heterocycles. The molecule has 0 bridgehead atoms. The number of hydrogen-bond donors (Lipinski definition) is 0. The Bertz CT molecular complexity index is 314. The molecule has 0 atom stereocenters. The Kier molecular flexibility index (Phi) is 15.4. The molecule has 0 spiro atoms. The molecule has 1 heteroatoms. The zero-order valence-corrected chi connectivity index (χ0v) is 18.2. The Morgan fingerprint density at radius 3 is 1.69 bits per heavy atom. The molecule has 0 aromatic rings. The lowest BCUT2D eigenvalue weighted by Crippen LogP contribution is -2.39. The summed E-state index contributed by atoms with van der Waals surface area (Å²) in [5, 5.41) is 4.78. The molecular weight excluding hydrogens is 314 g/mol. The maximum absolute atomic E-state index is 4.78. The van der Waals surface area contributed by atoms with E-state index in [1.54, 1.807) is 0 Å². The molecule has 0 amide bonds. The fourth-order valence-corrected chi connectivity index (χ4v) is 4.50. The van der Waals surface area contributed by atoms with Crippen molar-refractivity contribution in [2.75, 3.05) is 7.05 Å². The molecule has 0 N–H and O–H groups in total. The quantitative estimate of drug-likeness (QED) is 0.182. The highest BCUT2D eigenvalue weighted by Crippen LogP contribution is 2.33. The van der Waals surface area contributed by atoms with Crippen LogP contribution in [0.3, 0.4) is 0 Å². The van der Waals surface area contributed by atoms with Crippen LogP contribution in [0.2, 0.25) is 0 Å². The second-order valence-corrected chi connectivity index (χ2v) is 8.70. The SMILES string of the molecule is CCCCCCCC/C=C/CCCCCCCCC1([N]C)CCCCC1. The maximum atomic E-state index is 4.78. The van der Waals surface area contributed by atoms with Crippen LogP contribution in [0.1, 0.15) is 135 Å². The predicted molar refractivity (Wildman–Crippen MR) is 118 cm³/mol. The lowest BCUT2D eigenvalue weighted by atomic mass is 9.78. The molecule has 1 fully saturated rings. The first-order chi connectivity index (χ1) is 12.8. The average Bonchev–Trinajstić information content (AvgIpc) is 2.68. The van der Waals surface area contributed by atoms with Gasteiger partial charge in [-0.1, -0.05) is 103 Å². The number of nitrogens with zero attached hydrogens (tertiary/aromatic N) is 1. The Morgan fingerprint density at radius 1 is 0.654 bits per heavy atom. The highest BCUT2D eigenvalue weighted by molar-refractivity contribution is 4.89. The van der Waals surface area contributed by atoms with Crippen LogP contribution in [0, 0.1) is 0 Å². The Morgan fingerprint density at radius 2 is 1.15 bits per heavy atom. The Labute approximate surface area is 165 Å². The van der Waals surface area contributed by atoms with Gasteiger partial charge in [0.2, 0.25) is 0 Å². The van der Waals surface area contributed by atoms with E-state index in [0.29, 0.717) is 5.54 Å². The first kappa shape index (κ1) is 23.7. The van der Waals surface area contributed by atoms with Gasteiger partial charge in [0.05, 0.1) is 0 Å². The largest absolute Gasteiger partial charge is 0.238 e. The number of allylic oxidation sites excluding steroid dienone is 2. The molecular formula is C25H48N. The molecule has 1 saturated carbocycles. The van der Waals surface area contributed by atoms with Crippen LogP contribution in [-0.4, -0.2) is 12.6 Å². The second kappa shape index (κ2) is 16.8. The van der Waals surface area contributed by atoms with Gasteiger partial charge in [-0.3, -0.25) is 0 Å². The number of rotatable bonds is 17. The van der Waals surface area contributed by atoms with Crippen molar-refractivity contribution in [3.63, 3.8) is 0 Å². The Balaban J connectivity index is 1.82. The molecule has 0 heterocycles. The van der Waals surface area contributed by atoms with Crippen LogP contribution in [0.4, 0.5) is 0 Å². The molecule has 1 nitrogen and oxygen atoms in total. The predicted octanol–water partition coefficient (Wildman–Crippen LogP) is 8.35. The van der Waals surface area contributed by atoms with Crippen LogP contribution in [0.25, 0.3) is 0 Å². The van der Waals surface area contributed by atoms with E-state index in [-0.39, 0.29) is 0 Å². The summed E-state index contributed by atoms with van der Waals surface area (Å²) in [4.78, 5) is 0. The highest BCUT2D eigenvalue weighted by atomic mass is 14.9. The standard InChI is InChI=1S/C25H48N/c1-3-4-5-6-7-8-9-10-11-12-13-14-15-16-17-19-22-25(26-2)23-20-18-21-24-25/h10-11H,3-9,12-24H2,1-2H3/b11-10+. The van der Waals surface area contributed by atoms with E-state index in [1.807, 2.05) is 0 Å². The molecule has 1 aliphatic carbocycles. The first-order valence-corrected chi connectivity index (χ1v) is 12.1. The van der Waals surface area contributed by atoms with E-state index < -0.39 is 0 Å². The van der Waals surface area contributed by atoms with Crippen molar-refractivity contribution < 1.29 is 0 Å². The molecule has 0 unspecified atom stereocenters. The van der Waals surface area contributed by atoms with Gasteiger partial charge in [0.1, 0.15) is 0 Å². The maximum Gasteiger partial charge on any atom is 0.0353 e. The van der Waals surface area contributed by atoms with Gasteiger partial charge < -0.3 is 0 Å². The van der Waals surface area contributed by atoms with Crippen LogP contribution < -0.4 is 5.32 Å². The van der Waals surface area contributed by atoms with E-state index in [2.05, 4.69) is 26.1 Å². The first-order valence-electron chi connectivity index (χ1n) is 12.1. The zero-order valence-electron chi connectivity index (χ0n) is 18.2. The lowest BCUT2D eigenvalue weighted by Gasteiger charge is -2.36. The third kappa shape index (κ3) is 12.2. The Hall–Kier alpha value is -0.300. The van der Waals surface area contributed by atoms with Gasteiger partial charge in [-0.25, -0.2) is 5.32 Å². The van der Waals surface area contributed by atoms with Crippen LogP contribution in [0.15, 0.2) is 12.2 Å². The molecule has 1 radical (unpaired) electrons.